The zero-order valence-electron chi connectivity index (χ0n) is 11.3. The van der Waals surface area contributed by atoms with Crippen LogP contribution in [-0.4, -0.2) is 6.10 Å². The maximum Gasteiger partial charge on any atom is 0.184 e. The molecule has 3 heteroatoms. The fraction of sp³-hybridized carbons (Fsp3) is 0.235. The Hall–Kier alpha value is -2.34. The van der Waals surface area contributed by atoms with Gasteiger partial charge in [0.1, 0.15) is 6.07 Å². The van der Waals surface area contributed by atoms with Gasteiger partial charge in [-0.3, -0.25) is 0 Å². The van der Waals surface area contributed by atoms with Crippen LogP contribution in [0.4, 0.5) is 4.39 Å². The van der Waals surface area contributed by atoms with Crippen LogP contribution in [0.25, 0.3) is 0 Å². The van der Waals surface area contributed by atoms with E-state index in [0.29, 0.717) is 6.42 Å². The molecule has 1 unspecified atom stereocenters. The van der Waals surface area contributed by atoms with Crippen molar-refractivity contribution in [1.29, 1.82) is 5.26 Å². The van der Waals surface area contributed by atoms with Crippen molar-refractivity contribution in [3.63, 3.8) is 0 Å². The molecule has 0 saturated heterocycles. The standard InChI is InChI=1S/C17H16FNO/c1-13-5-4-6-14(11-13)9-10-15(12-19)20-17-8-3-2-7-16(17)18/h2-8,11,15H,9-10H2,1H3. The van der Waals surface area contributed by atoms with Crippen molar-refractivity contribution in [1.82, 2.24) is 0 Å². The largest absolute Gasteiger partial charge is 0.472 e. The van der Waals surface area contributed by atoms with E-state index in [2.05, 4.69) is 12.1 Å². The van der Waals surface area contributed by atoms with Gasteiger partial charge in [0.2, 0.25) is 0 Å². The van der Waals surface area contributed by atoms with Gasteiger partial charge in [-0.2, -0.15) is 5.26 Å². The van der Waals surface area contributed by atoms with Crippen LogP contribution >= 0.6 is 0 Å². The van der Waals surface area contributed by atoms with Crippen molar-refractivity contribution in [3.05, 3.63) is 65.5 Å². The van der Waals surface area contributed by atoms with E-state index >= 15 is 0 Å². The summed E-state index contributed by atoms with van der Waals surface area (Å²) in [7, 11) is 0. The molecule has 0 N–H and O–H groups in total. The normalized spacial score (nSPS) is 11.7. The molecule has 0 radical (unpaired) electrons. The Morgan fingerprint density at radius 1 is 1.20 bits per heavy atom. The molecule has 0 fully saturated rings. The minimum absolute atomic E-state index is 0.128. The number of rotatable bonds is 5. The van der Waals surface area contributed by atoms with Gasteiger partial charge in [0.15, 0.2) is 17.7 Å². The second-order valence-electron chi connectivity index (χ2n) is 4.69. The lowest BCUT2D eigenvalue weighted by atomic mass is 10.1. The molecule has 0 aliphatic rings. The lowest BCUT2D eigenvalue weighted by Gasteiger charge is -2.13. The summed E-state index contributed by atoms with van der Waals surface area (Å²) in [5.41, 5.74) is 2.34. The summed E-state index contributed by atoms with van der Waals surface area (Å²) in [5.74, 6) is -0.313. The van der Waals surface area contributed by atoms with Crippen LogP contribution in [0.5, 0.6) is 5.75 Å². The number of para-hydroxylation sites is 1. The molecule has 2 aromatic rings. The lowest BCUT2D eigenvalue weighted by Crippen LogP contribution is -2.15. The van der Waals surface area contributed by atoms with Gasteiger partial charge in [-0.15, -0.1) is 0 Å². The van der Waals surface area contributed by atoms with E-state index in [9.17, 15) is 4.39 Å². The molecular formula is C17H16FNO. The molecule has 0 aliphatic carbocycles. The van der Waals surface area contributed by atoms with Gasteiger partial charge in [0, 0.05) is 6.42 Å². The Morgan fingerprint density at radius 3 is 2.70 bits per heavy atom. The summed E-state index contributed by atoms with van der Waals surface area (Å²) in [6, 6.07) is 16.3. The number of halogens is 1. The zero-order chi connectivity index (χ0) is 14.4. The second-order valence-corrected chi connectivity index (χ2v) is 4.69. The van der Waals surface area contributed by atoms with E-state index in [0.717, 1.165) is 12.0 Å². The molecule has 0 amide bonds. The van der Waals surface area contributed by atoms with Crippen LogP contribution in [0.1, 0.15) is 17.5 Å². The SMILES string of the molecule is Cc1cccc(CCC(C#N)Oc2ccccc2F)c1. The van der Waals surface area contributed by atoms with Crippen LogP contribution in [0.15, 0.2) is 48.5 Å². The van der Waals surface area contributed by atoms with E-state index in [1.807, 2.05) is 25.1 Å². The first-order chi connectivity index (χ1) is 9.69. The van der Waals surface area contributed by atoms with Gasteiger partial charge >= 0.3 is 0 Å². The summed E-state index contributed by atoms with van der Waals surface area (Å²) < 4.78 is 18.9. The number of hydrogen-bond donors (Lipinski definition) is 0. The predicted octanol–water partition coefficient (Wildman–Crippen LogP) is 4.04. The van der Waals surface area contributed by atoms with Gasteiger partial charge in [-0.25, -0.2) is 4.39 Å². The van der Waals surface area contributed by atoms with Crippen LogP contribution in [0.2, 0.25) is 0 Å². The number of nitrogens with zero attached hydrogens (tertiary/aromatic N) is 1. The first kappa shape index (κ1) is 14.1. The van der Waals surface area contributed by atoms with Crippen LogP contribution in [0.3, 0.4) is 0 Å². The molecule has 102 valence electrons. The highest BCUT2D eigenvalue weighted by Crippen LogP contribution is 2.19. The molecule has 0 heterocycles. The monoisotopic (exact) mass is 269 g/mol. The van der Waals surface area contributed by atoms with E-state index in [4.69, 9.17) is 10.00 Å². The van der Waals surface area contributed by atoms with Crippen molar-refractivity contribution in [2.45, 2.75) is 25.9 Å². The van der Waals surface area contributed by atoms with Crippen LogP contribution < -0.4 is 4.74 Å². The maximum atomic E-state index is 13.5. The van der Waals surface area contributed by atoms with Crippen LogP contribution in [0, 0.1) is 24.1 Å². The molecule has 20 heavy (non-hydrogen) atoms. The number of benzene rings is 2. The minimum atomic E-state index is -0.646. The van der Waals surface area contributed by atoms with E-state index in [-0.39, 0.29) is 5.75 Å². The Bertz CT molecular complexity index is 618. The van der Waals surface area contributed by atoms with Gasteiger partial charge in [0.05, 0.1) is 0 Å². The first-order valence-corrected chi connectivity index (χ1v) is 6.55. The lowest BCUT2D eigenvalue weighted by molar-refractivity contribution is 0.234. The molecule has 2 nitrogen and oxygen atoms in total. The maximum absolute atomic E-state index is 13.5. The highest BCUT2D eigenvalue weighted by molar-refractivity contribution is 5.25. The van der Waals surface area contributed by atoms with Crippen molar-refractivity contribution >= 4 is 0 Å². The predicted molar refractivity (Wildman–Crippen MR) is 75.9 cm³/mol. The molecule has 0 bridgehead atoms. The molecule has 0 spiro atoms. The minimum Gasteiger partial charge on any atom is -0.472 e. The van der Waals surface area contributed by atoms with Gasteiger partial charge in [0.25, 0.3) is 0 Å². The number of ether oxygens (including phenoxy) is 1. The molecule has 2 rings (SSSR count). The third-order valence-electron chi connectivity index (χ3n) is 3.03. The molecule has 0 aliphatic heterocycles. The summed E-state index contributed by atoms with van der Waals surface area (Å²) >= 11 is 0. The fourth-order valence-electron chi connectivity index (χ4n) is 2.01. The molecule has 2 aromatic carbocycles. The average Bonchev–Trinajstić information content (AvgIpc) is 2.45. The highest BCUT2D eigenvalue weighted by Gasteiger charge is 2.12. The average molecular weight is 269 g/mol. The van der Waals surface area contributed by atoms with Gasteiger partial charge < -0.3 is 4.74 Å². The molecule has 1 atom stereocenters. The van der Waals surface area contributed by atoms with Crippen molar-refractivity contribution in [2.75, 3.05) is 0 Å². The smallest absolute Gasteiger partial charge is 0.184 e. The summed E-state index contributed by atoms with van der Waals surface area (Å²) in [5, 5.41) is 9.11. The first-order valence-electron chi connectivity index (χ1n) is 6.55. The van der Waals surface area contributed by atoms with Crippen molar-refractivity contribution in [2.24, 2.45) is 0 Å². The van der Waals surface area contributed by atoms with E-state index in [1.54, 1.807) is 12.1 Å². The van der Waals surface area contributed by atoms with Gasteiger partial charge in [-0.1, -0.05) is 42.0 Å². The summed E-state index contributed by atoms with van der Waals surface area (Å²) in [6.45, 7) is 2.03. The third-order valence-corrected chi connectivity index (χ3v) is 3.03. The highest BCUT2D eigenvalue weighted by atomic mass is 19.1. The summed E-state index contributed by atoms with van der Waals surface area (Å²) in [4.78, 5) is 0. The number of nitriles is 1. The van der Waals surface area contributed by atoms with Crippen LogP contribution in [-0.2, 0) is 6.42 Å². The molecular weight excluding hydrogens is 253 g/mol. The van der Waals surface area contributed by atoms with Crippen molar-refractivity contribution in [3.8, 4) is 11.8 Å². The Balaban J connectivity index is 1.97. The van der Waals surface area contributed by atoms with E-state index < -0.39 is 11.9 Å². The topological polar surface area (TPSA) is 33.0 Å². The fourth-order valence-corrected chi connectivity index (χ4v) is 2.01. The third kappa shape index (κ3) is 3.83. The molecule has 0 saturated carbocycles. The Kier molecular flexibility index (Phi) is 4.73. The number of hydrogen-bond acceptors (Lipinski definition) is 2. The second kappa shape index (κ2) is 6.72. The van der Waals surface area contributed by atoms with E-state index in [1.165, 1.54) is 17.7 Å². The van der Waals surface area contributed by atoms with Crippen molar-refractivity contribution < 1.29 is 9.13 Å². The quantitative estimate of drug-likeness (QED) is 0.820. The van der Waals surface area contributed by atoms with Gasteiger partial charge in [-0.05, 0) is 31.0 Å². The Morgan fingerprint density at radius 2 is 2.00 bits per heavy atom. The number of aryl methyl sites for hydroxylation is 2. The zero-order valence-corrected chi connectivity index (χ0v) is 11.3. The summed E-state index contributed by atoms with van der Waals surface area (Å²) in [6.07, 6.45) is 0.621. The Labute approximate surface area is 118 Å². The molecule has 0 aromatic heterocycles.